The lowest BCUT2D eigenvalue weighted by Gasteiger charge is -2.16. The molecular formula is C18H22F2N8O. The Balaban J connectivity index is 1.56. The minimum Gasteiger partial charge on any atom is -0.369 e. The van der Waals surface area contributed by atoms with Gasteiger partial charge in [0, 0.05) is 37.6 Å². The lowest BCUT2D eigenvalue weighted by Crippen LogP contribution is -2.29. The van der Waals surface area contributed by atoms with Gasteiger partial charge in [0.05, 0.1) is 18.0 Å². The molecule has 0 aromatic carbocycles. The molecule has 1 fully saturated rings. The maximum atomic E-state index is 12.4. The zero-order chi connectivity index (χ0) is 20.8. The standard InChI is InChI=1S/C18H22F2N8O/c1-12-6-23-18(25-14-8-24-28(10-14)11-15(19)20)26-17(12)22-7-13-3-5-27(9-13)16(29)2-4-21/h6,8,10,13,15H,2-3,5,7,9,11H2,1H3,(H2,22,23,25,26). The van der Waals surface area contributed by atoms with E-state index in [9.17, 15) is 13.6 Å². The van der Waals surface area contributed by atoms with E-state index < -0.39 is 13.0 Å². The van der Waals surface area contributed by atoms with Crippen molar-refractivity contribution >= 4 is 23.4 Å². The molecule has 1 aliphatic rings. The molecule has 11 heteroatoms. The number of nitriles is 1. The molecule has 3 heterocycles. The van der Waals surface area contributed by atoms with Crippen LogP contribution in [0.5, 0.6) is 0 Å². The quantitative estimate of drug-likeness (QED) is 0.693. The van der Waals surface area contributed by atoms with Gasteiger partial charge in [-0.15, -0.1) is 0 Å². The van der Waals surface area contributed by atoms with Crippen LogP contribution >= 0.6 is 0 Å². The Hall–Kier alpha value is -3.29. The van der Waals surface area contributed by atoms with Crippen molar-refractivity contribution in [3.05, 3.63) is 24.2 Å². The second kappa shape index (κ2) is 9.27. The van der Waals surface area contributed by atoms with Gasteiger partial charge in [-0.1, -0.05) is 0 Å². The highest BCUT2D eigenvalue weighted by atomic mass is 19.3. The monoisotopic (exact) mass is 404 g/mol. The van der Waals surface area contributed by atoms with Gasteiger partial charge in [0.2, 0.25) is 11.9 Å². The third-order valence-corrected chi connectivity index (χ3v) is 4.61. The third-order valence-electron chi connectivity index (χ3n) is 4.61. The van der Waals surface area contributed by atoms with Crippen LogP contribution in [0.1, 0.15) is 18.4 Å². The Labute approximate surface area is 166 Å². The molecule has 1 aliphatic heterocycles. The molecule has 154 valence electrons. The predicted molar refractivity (Wildman–Crippen MR) is 102 cm³/mol. The first-order valence-electron chi connectivity index (χ1n) is 9.24. The van der Waals surface area contributed by atoms with E-state index in [4.69, 9.17) is 5.26 Å². The summed E-state index contributed by atoms with van der Waals surface area (Å²) in [5.41, 5.74) is 1.38. The van der Waals surface area contributed by atoms with Gasteiger partial charge in [-0.3, -0.25) is 9.48 Å². The number of likely N-dealkylation sites (tertiary alicyclic amines) is 1. The van der Waals surface area contributed by atoms with Crippen molar-refractivity contribution in [2.45, 2.75) is 32.7 Å². The summed E-state index contributed by atoms with van der Waals surface area (Å²) in [5.74, 6) is 1.12. The third kappa shape index (κ3) is 5.60. The Morgan fingerprint density at radius 3 is 3.03 bits per heavy atom. The molecule has 0 spiro atoms. The summed E-state index contributed by atoms with van der Waals surface area (Å²) >= 11 is 0. The molecule has 1 atom stereocenters. The van der Waals surface area contributed by atoms with Gasteiger partial charge < -0.3 is 15.5 Å². The maximum Gasteiger partial charge on any atom is 0.257 e. The van der Waals surface area contributed by atoms with Gasteiger partial charge in [-0.25, -0.2) is 13.8 Å². The number of rotatable bonds is 8. The zero-order valence-corrected chi connectivity index (χ0v) is 16.0. The van der Waals surface area contributed by atoms with Crippen LogP contribution in [0.25, 0.3) is 0 Å². The number of carbonyl (C=O) groups is 1. The highest BCUT2D eigenvalue weighted by molar-refractivity contribution is 5.78. The molecule has 1 saturated heterocycles. The van der Waals surface area contributed by atoms with Crippen molar-refractivity contribution in [2.24, 2.45) is 5.92 Å². The molecule has 0 saturated carbocycles. The molecule has 2 aromatic rings. The lowest BCUT2D eigenvalue weighted by molar-refractivity contribution is -0.129. The van der Waals surface area contributed by atoms with E-state index in [2.05, 4.69) is 25.7 Å². The fraction of sp³-hybridized carbons (Fsp3) is 0.500. The lowest BCUT2D eigenvalue weighted by atomic mass is 10.1. The number of anilines is 3. The van der Waals surface area contributed by atoms with Crippen LogP contribution in [-0.2, 0) is 11.3 Å². The second-order valence-corrected chi connectivity index (χ2v) is 6.90. The maximum absolute atomic E-state index is 12.4. The number of halogens is 2. The van der Waals surface area contributed by atoms with Crippen molar-refractivity contribution in [1.82, 2.24) is 24.6 Å². The van der Waals surface area contributed by atoms with Gasteiger partial charge in [-0.05, 0) is 19.3 Å². The van der Waals surface area contributed by atoms with Crippen molar-refractivity contribution < 1.29 is 13.6 Å². The van der Waals surface area contributed by atoms with E-state index in [1.54, 1.807) is 11.1 Å². The molecule has 9 nitrogen and oxygen atoms in total. The number of aromatic nitrogens is 4. The molecular weight excluding hydrogens is 382 g/mol. The topological polar surface area (TPSA) is 112 Å². The Morgan fingerprint density at radius 1 is 1.45 bits per heavy atom. The molecule has 2 N–H and O–H groups in total. The minimum absolute atomic E-state index is 0.0892. The van der Waals surface area contributed by atoms with Crippen molar-refractivity contribution in [3.8, 4) is 6.07 Å². The van der Waals surface area contributed by atoms with Crippen LogP contribution in [0, 0.1) is 24.2 Å². The predicted octanol–water partition coefficient (Wildman–Crippen LogP) is 2.16. The molecule has 3 rings (SSSR count). The second-order valence-electron chi connectivity index (χ2n) is 6.90. The van der Waals surface area contributed by atoms with Gasteiger partial charge in [0.25, 0.3) is 6.43 Å². The number of alkyl halides is 2. The van der Waals surface area contributed by atoms with Crippen LogP contribution in [0.15, 0.2) is 18.6 Å². The fourth-order valence-electron chi connectivity index (χ4n) is 3.13. The number of nitrogens with zero attached hydrogens (tertiary/aromatic N) is 6. The van der Waals surface area contributed by atoms with Crippen molar-refractivity contribution in [1.29, 1.82) is 5.26 Å². The minimum atomic E-state index is -2.48. The molecule has 0 bridgehead atoms. The molecule has 0 aliphatic carbocycles. The average molecular weight is 404 g/mol. The van der Waals surface area contributed by atoms with Gasteiger partial charge >= 0.3 is 0 Å². The summed E-state index contributed by atoms with van der Waals surface area (Å²) in [6.45, 7) is 3.32. The molecule has 29 heavy (non-hydrogen) atoms. The van der Waals surface area contributed by atoms with Gasteiger partial charge in [-0.2, -0.15) is 15.3 Å². The number of nitrogens with one attached hydrogen (secondary N) is 2. The van der Waals surface area contributed by atoms with Crippen LogP contribution in [-0.4, -0.2) is 56.6 Å². The number of hydrogen-bond donors (Lipinski definition) is 2. The average Bonchev–Trinajstić information content (AvgIpc) is 3.31. The van der Waals surface area contributed by atoms with Crippen molar-refractivity contribution in [3.63, 3.8) is 0 Å². The molecule has 0 radical (unpaired) electrons. The summed E-state index contributed by atoms with van der Waals surface area (Å²) in [6.07, 6.45) is 2.86. The number of aryl methyl sites for hydroxylation is 1. The highest BCUT2D eigenvalue weighted by Gasteiger charge is 2.25. The first-order chi connectivity index (χ1) is 13.9. The van der Waals surface area contributed by atoms with Crippen LogP contribution < -0.4 is 10.6 Å². The van der Waals surface area contributed by atoms with E-state index in [-0.39, 0.29) is 18.2 Å². The smallest absolute Gasteiger partial charge is 0.257 e. The van der Waals surface area contributed by atoms with Crippen LogP contribution in [0.2, 0.25) is 0 Å². The summed E-state index contributed by atoms with van der Waals surface area (Å²) in [7, 11) is 0. The van der Waals surface area contributed by atoms with E-state index in [1.165, 1.54) is 12.4 Å². The first kappa shape index (κ1) is 20.4. The number of hydrogen-bond acceptors (Lipinski definition) is 7. The Morgan fingerprint density at radius 2 is 2.28 bits per heavy atom. The highest BCUT2D eigenvalue weighted by Crippen LogP contribution is 2.20. The number of carbonyl (C=O) groups excluding carboxylic acids is 1. The normalized spacial score (nSPS) is 16.1. The van der Waals surface area contributed by atoms with Crippen molar-refractivity contribution in [2.75, 3.05) is 30.3 Å². The SMILES string of the molecule is Cc1cnc(Nc2cnn(CC(F)F)c2)nc1NCC1CCN(C(=O)CC#N)C1. The number of amides is 1. The zero-order valence-electron chi connectivity index (χ0n) is 16.0. The van der Waals surface area contributed by atoms with E-state index in [1.807, 2.05) is 13.0 Å². The summed E-state index contributed by atoms with van der Waals surface area (Å²) in [4.78, 5) is 22.2. The Kier molecular flexibility index (Phi) is 6.54. The van der Waals surface area contributed by atoms with E-state index in [0.717, 1.165) is 16.7 Å². The first-order valence-corrected chi connectivity index (χ1v) is 9.24. The van der Waals surface area contributed by atoms with E-state index >= 15 is 0 Å². The molecule has 1 unspecified atom stereocenters. The van der Waals surface area contributed by atoms with E-state index in [0.29, 0.717) is 37.1 Å². The van der Waals surface area contributed by atoms with Crippen LogP contribution in [0.4, 0.5) is 26.2 Å². The molecule has 2 aromatic heterocycles. The largest absolute Gasteiger partial charge is 0.369 e. The summed E-state index contributed by atoms with van der Waals surface area (Å²) in [6, 6.07) is 1.89. The summed E-state index contributed by atoms with van der Waals surface area (Å²) in [5, 5.41) is 18.8. The fourth-order valence-corrected chi connectivity index (χ4v) is 3.13. The van der Waals surface area contributed by atoms with Crippen LogP contribution in [0.3, 0.4) is 0 Å². The Bertz CT molecular complexity index is 894. The molecule has 1 amide bonds. The van der Waals surface area contributed by atoms with Gasteiger partial charge in [0.1, 0.15) is 18.8 Å². The summed E-state index contributed by atoms with van der Waals surface area (Å²) < 4.78 is 26.0. The van der Waals surface area contributed by atoms with Gasteiger partial charge in [0.15, 0.2) is 0 Å².